The first-order valence-corrected chi connectivity index (χ1v) is 9.78. The summed E-state index contributed by atoms with van der Waals surface area (Å²) in [5.41, 5.74) is 1.41. The molecule has 1 saturated heterocycles. The second-order valence-electron chi connectivity index (χ2n) is 7.69. The van der Waals surface area contributed by atoms with E-state index >= 15 is 0 Å². The highest BCUT2D eigenvalue weighted by molar-refractivity contribution is 6.08. The Morgan fingerprint density at radius 2 is 1.64 bits per heavy atom. The van der Waals surface area contributed by atoms with Crippen LogP contribution in [0, 0.1) is 11.8 Å². The number of nitrogens with zero attached hydrogens (tertiary/aromatic N) is 2. The second kappa shape index (κ2) is 8.12. The summed E-state index contributed by atoms with van der Waals surface area (Å²) >= 11 is 0. The lowest BCUT2D eigenvalue weighted by atomic mass is 9.81. The topological polar surface area (TPSA) is 86.8 Å². The quantitative estimate of drug-likeness (QED) is 0.780. The van der Waals surface area contributed by atoms with E-state index < -0.39 is 6.04 Å². The third kappa shape index (κ3) is 3.66. The number of imide groups is 1. The van der Waals surface area contributed by atoms with Gasteiger partial charge in [-0.05, 0) is 37.5 Å². The van der Waals surface area contributed by atoms with Gasteiger partial charge in [-0.15, -0.1) is 0 Å². The van der Waals surface area contributed by atoms with Crippen LogP contribution in [0.2, 0.25) is 0 Å². The van der Waals surface area contributed by atoms with Crippen LogP contribution in [0.3, 0.4) is 0 Å². The molecule has 7 nitrogen and oxygen atoms in total. The zero-order chi connectivity index (χ0) is 20.4. The molecule has 28 heavy (non-hydrogen) atoms. The van der Waals surface area contributed by atoms with Gasteiger partial charge in [0.25, 0.3) is 5.91 Å². The van der Waals surface area contributed by atoms with Gasteiger partial charge < -0.3 is 10.2 Å². The SMILES string of the molecule is CNC(=O)c1ccc(CN(C)C(=O)[C@H](C)N2C(=O)[C@@H]3CCCC[C@H]3C2=O)cc1. The van der Waals surface area contributed by atoms with Gasteiger partial charge >= 0.3 is 0 Å². The molecule has 1 saturated carbocycles. The van der Waals surface area contributed by atoms with Crippen molar-refractivity contribution in [2.45, 2.75) is 45.2 Å². The lowest BCUT2D eigenvalue weighted by Gasteiger charge is -2.27. The van der Waals surface area contributed by atoms with E-state index in [2.05, 4.69) is 5.32 Å². The molecule has 1 heterocycles. The lowest BCUT2D eigenvalue weighted by molar-refractivity contribution is -0.150. The second-order valence-corrected chi connectivity index (χ2v) is 7.69. The van der Waals surface area contributed by atoms with Crippen molar-refractivity contribution in [2.75, 3.05) is 14.1 Å². The largest absolute Gasteiger partial charge is 0.355 e. The van der Waals surface area contributed by atoms with Crippen molar-refractivity contribution in [3.8, 4) is 0 Å². The molecule has 2 fully saturated rings. The molecule has 1 aromatic rings. The Balaban J connectivity index is 1.66. The Morgan fingerprint density at radius 1 is 1.11 bits per heavy atom. The summed E-state index contributed by atoms with van der Waals surface area (Å²) in [6.07, 6.45) is 3.39. The number of likely N-dealkylation sites (tertiary alicyclic amines) is 1. The van der Waals surface area contributed by atoms with Crippen LogP contribution in [0.25, 0.3) is 0 Å². The fraction of sp³-hybridized carbons (Fsp3) is 0.524. The Kier molecular flexibility index (Phi) is 5.82. The molecule has 1 aromatic carbocycles. The minimum atomic E-state index is -0.805. The number of carbonyl (C=O) groups is 4. The average Bonchev–Trinajstić information content (AvgIpc) is 2.97. The van der Waals surface area contributed by atoms with Crippen molar-refractivity contribution >= 4 is 23.6 Å². The van der Waals surface area contributed by atoms with Gasteiger partial charge in [-0.2, -0.15) is 0 Å². The molecule has 1 aliphatic carbocycles. The van der Waals surface area contributed by atoms with Gasteiger partial charge in [0.2, 0.25) is 17.7 Å². The maximum Gasteiger partial charge on any atom is 0.251 e. The van der Waals surface area contributed by atoms with Gasteiger partial charge in [-0.3, -0.25) is 24.1 Å². The monoisotopic (exact) mass is 385 g/mol. The van der Waals surface area contributed by atoms with Gasteiger partial charge in [0.05, 0.1) is 11.8 Å². The highest BCUT2D eigenvalue weighted by atomic mass is 16.2. The number of benzene rings is 1. The summed E-state index contributed by atoms with van der Waals surface area (Å²) in [6.45, 7) is 1.96. The number of carbonyl (C=O) groups excluding carboxylic acids is 4. The number of amides is 4. The van der Waals surface area contributed by atoms with Gasteiger partial charge in [-0.1, -0.05) is 25.0 Å². The van der Waals surface area contributed by atoms with Gasteiger partial charge in [0.1, 0.15) is 6.04 Å². The van der Waals surface area contributed by atoms with Crippen LogP contribution in [-0.2, 0) is 20.9 Å². The molecule has 2 aliphatic rings. The van der Waals surface area contributed by atoms with E-state index in [4.69, 9.17) is 0 Å². The molecule has 3 rings (SSSR count). The number of nitrogens with one attached hydrogen (secondary N) is 1. The Morgan fingerprint density at radius 3 is 2.14 bits per heavy atom. The molecule has 150 valence electrons. The first-order chi connectivity index (χ1) is 13.3. The number of hydrogen-bond acceptors (Lipinski definition) is 4. The Labute approximate surface area is 165 Å². The zero-order valence-electron chi connectivity index (χ0n) is 16.6. The summed E-state index contributed by atoms with van der Waals surface area (Å²) in [5.74, 6) is -1.33. The smallest absolute Gasteiger partial charge is 0.251 e. The normalized spacial score (nSPS) is 22.6. The molecule has 0 bridgehead atoms. The van der Waals surface area contributed by atoms with Gasteiger partial charge in [0.15, 0.2) is 0 Å². The number of rotatable bonds is 5. The minimum absolute atomic E-state index is 0.169. The van der Waals surface area contributed by atoms with E-state index in [1.165, 1.54) is 9.80 Å². The van der Waals surface area contributed by atoms with E-state index in [-0.39, 0.29) is 35.5 Å². The molecular weight excluding hydrogens is 358 g/mol. The van der Waals surface area contributed by atoms with Crippen molar-refractivity contribution in [2.24, 2.45) is 11.8 Å². The maximum atomic E-state index is 12.9. The molecule has 1 aliphatic heterocycles. The van der Waals surface area contributed by atoms with E-state index in [0.717, 1.165) is 31.2 Å². The first kappa shape index (κ1) is 20.0. The van der Waals surface area contributed by atoms with Crippen LogP contribution in [0.15, 0.2) is 24.3 Å². The minimum Gasteiger partial charge on any atom is -0.355 e. The molecule has 1 N–H and O–H groups in total. The van der Waals surface area contributed by atoms with Crippen molar-refractivity contribution in [1.82, 2.24) is 15.1 Å². The van der Waals surface area contributed by atoms with E-state index in [0.29, 0.717) is 12.1 Å². The Bertz CT molecular complexity index is 765. The number of hydrogen-bond donors (Lipinski definition) is 1. The van der Waals surface area contributed by atoms with E-state index in [1.54, 1.807) is 45.3 Å². The van der Waals surface area contributed by atoms with Crippen LogP contribution in [0.5, 0.6) is 0 Å². The molecule has 0 unspecified atom stereocenters. The fourth-order valence-electron chi connectivity index (χ4n) is 4.26. The average molecular weight is 385 g/mol. The summed E-state index contributed by atoms with van der Waals surface area (Å²) in [6, 6.07) is 6.18. The predicted molar refractivity (Wildman–Crippen MR) is 103 cm³/mol. The van der Waals surface area contributed by atoms with E-state index in [1.807, 2.05) is 0 Å². The lowest BCUT2D eigenvalue weighted by Crippen LogP contribution is -2.48. The summed E-state index contributed by atoms with van der Waals surface area (Å²) in [7, 11) is 3.23. The standard InChI is InChI=1S/C21H27N3O4/c1-13(24-20(27)16-6-4-5-7-17(16)21(24)28)19(26)23(3)12-14-8-10-15(11-9-14)18(25)22-2/h8-11,13,16-17H,4-7,12H2,1-3H3,(H,22,25)/t13-,16+,17+/m0/s1. The fourth-order valence-corrected chi connectivity index (χ4v) is 4.26. The zero-order valence-corrected chi connectivity index (χ0v) is 16.6. The van der Waals surface area contributed by atoms with Crippen molar-refractivity contribution in [3.63, 3.8) is 0 Å². The molecule has 0 aromatic heterocycles. The summed E-state index contributed by atoms with van der Waals surface area (Å²) in [4.78, 5) is 52.6. The molecule has 0 spiro atoms. The van der Waals surface area contributed by atoms with Crippen molar-refractivity contribution < 1.29 is 19.2 Å². The highest BCUT2D eigenvalue weighted by Crippen LogP contribution is 2.39. The predicted octanol–water partition coefficient (Wildman–Crippen LogP) is 1.57. The number of likely N-dealkylation sites (N-methyl/N-ethyl adjacent to an activating group) is 1. The van der Waals surface area contributed by atoms with Crippen LogP contribution >= 0.6 is 0 Å². The number of fused-ring (bicyclic) bond motifs is 1. The van der Waals surface area contributed by atoms with Crippen molar-refractivity contribution in [3.05, 3.63) is 35.4 Å². The van der Waals surface area contributed by atoms with Crippen LogP contribution in [-0.4, -0.2) is 53.6 Å². The molecule has 4 amide bonds. The highest BCUT2D eigenvalue weighted by Gasteiger charge is 2.51. The Hall–Kier alpha value is -2.70. The van der Waals surface area contributed by atoms with Crippen molar-refractivity contribution in [1.29, 1.82) is 0 Å². The molecule has 7 heteroatoms. The third-order valence-electron chi connectivity index (χ3n) is 5.86. The van der Waals surface area contributed by atoms with Crippen LogP contribution in [0.1, 0.15) is 48.5 Å². The molecule has 3 atom stereocenters. The first-order valence-electron chi connectivity index (χ1n) is 9.78. The van der Waals surface area contributed by atoms with Crippen LogP contribution in [0.4, 0.5) is 0 Å². The summed E-state index contributed by atoms with van der Waals surface area (Å²) < 4.78 is 0. The third-order valence-corrected chi connectivity index (χ3v) is 5.86. The van der Waals surface area contributed by atoms with Crippen LogP contribution < -0.4 is 5.32 Å². The van der Waals surface area contributed by atoms with E-state index in [9.17, 15) is 19.2 Å². The van der Waals surface area contributed by atoms with Gasteiger partial charge in [0, 0.05) is 26.2 Å². The molecule has 0 radical (unpaired) electrons. The maximum absolute atomic E-state index is 12.9. The van der Waals surface area contributed by atoms with Gasteiger partial charge in [-0.25, -0.2) is 0 Å². The summed E-state index contributed by atoms with van der Waals surface area (Å²) in [5, 5.41) is 2.56. The molecular formula is C21H27N3O4.